The summed E-state index contributed by atoms with van der Waals surface area (Å²) in [6.07, 6.45) is 0. The Morgan fingerprint density at radius 3 is 1.83 bits per heavy atom. The molecule has 5 aromatic rings. The van der Waals surface area contributed by atoms with Crippen molar-refractivity contribution >= 4 is 21.5 Å². The second kappa shape index (κ2) is 7.88. The zero-order valence-electron chi connectivity index (χ0n) is 16.1. The third-order valence-electron chi connectivity index (χ3n) is 5.18. The fourth-order valence-corrected chi connectivity index (χ4v) is 6.49. The predicted molar refractivity (Wildman–Crippen MR) is 117 cm³/mol. The van der Waals surface area contributed by atoms with E-state index in [0.29, 0.717) is 0 Å². The summed E-state index contributed by atoms with van der Waals surface area (Å²) in [5.41, 5.74) is 2.52. The Morgan fingerprint density at radius 1 is 0.552 bits per heavy atom. The van der Waals surface area contributed by atoms with Crippen LogP contribution >= 0.6 is 0 Å². The van der Waals surface area contributed by atoms with Gasteiger partial charge in [-0.15, -0.1) is 0 Å². The second-order valence-corrected chi connectivity index (χ2v) is 9.84. The van der Waals surface area contributed by atoms with Gasteiger partial charge in [-0.05, 0) is 51.9 Å². The number of rotatable bonds is 4. The summed E-state index contributed by atoms with van der Waals surface area (Å²) in [5.74, 6) is 0.929. The first-order chi connectivity index (χ1) is 14.3. The van der Waals surface area contributed by atoms with E-state index in [1.807, 2.05) is 0 Å². The van der Waals surface area contributed by atoms with Gasteiger partial charge in [0.25, 0.3) is 0 Å². The number of fused-ring (bicyclic) bond motifs is 2. The van der Waals surface area contributed by atoms with Crippen molar-refractivity contribution in [2.75, 3.05) is 7.11 Å². The van der Waals surface area contributed by atoms with Gasteiger partial charge in [0.05, 0.1) is 7.11 Å². The van der Waals surface area contributed by atoms with Crippen LogP contribution in [-0.2, 0) is 0 Å². The average Bonchev–Trinajstić information content (AvgIpc) is 2.79. The van der Waals surface area contributed by atoms with Crippen LogP contribution in [0.3, 0.4) is 0 Å². The molecule has 0 aliphatic rings. The summed E-state index contributed by atoms with van der Waals surface area (Å²) >= 11 is -0.324. The Hall–Kier alpha value is -2.85. The molecule has 0 saturated carbocycles. The molecule has 0 bridgehead atoms. The van der Waals surface area contributed by atoms with Gasteiger partial charge >= 0.3 is 21.2 Å². The molecule has 2 heteroatoms. The van der Waals surface area contributed by atoms with Crippen LogP contribution in [0.1, 0.15) is 0 Å². The van der Waals surface area contributed by atoms with Crippen LogP contribution in [0.15, 0.2) is 103 Å². The van der Waals surface area contributed by atoms with Gasteiger partial charge in [-0.3, -0.25) is 0 Å². The molecular formula is C27H20IO+. The minimum Gasteiger partial charge on any atom is -0.496 e. The first kappa shape index (κ1) is 18.2. The van der Waals surface area contributed by atoms with E-state index in [-0.39, 0.29) is 21.2 Å². The molecule has 5 aromatic carbocycles. The lowest BCUT2D eigenvalue weighted by atomic mass is 9.93. The first-order valence-corrected chi connectivity index (χ1v) is 11.8. The molecule has 0 radical (unpaired) electrons. The van der Waals surface area contributed by atoms with Crippen molar-refractivity contribution in [1.29, 1.82) is 0 Å². The molecule has 5 rings (SSSR count). The van der Waals surface area contributed by atoms with Crippen molar-refractivity contribution in [1.82, 2.24) is 0 Å². The standard InChI is InChI=1S/C27H20IO/c1-29-25-18-16-20-10-6-8-14-23(20)27(25)26-22-13-7-5-9-19(22)15-17-24(26)28-21-11-3-2-4-12-21/h2-18H,1H3/q+1. The molecule has 0 aliphatic heterocycles. The topological polar surface area (TPSA) is 9.23 Å². The molecule has 0 aliphatic carbocycles. The lowest BCUT2D eigenvalue weighted by Crippen LogP contribution is -3.61. The lowest BCUT2D eigenvalue weighted by Gasteiger charge is -2.14. The number of halogens is 1. The summed E-state index contributed by atoms with van der Waals surface area (Å²) in [5, 5.41) is 5.02. The first-order valence-electron chi connectivity index (χ1n) is 9.63. The molecule has 0 amide bonds. The quantitative estimate of drug-likeness (QED) is 0.351. The normalized spacial score (nSPS) is 11.1. The minimum atomic E-state index is -0.324. The van der Waals surface area contributed by atoms with Crippen LogP contribution < -0.4 is 25.9 Å². The van der Waals surface area contributed by atoms with Gasteiger partial charge in [0.1, 0.15) is 5.75 Å². The third-order valence-corrected chi connectivity index (χ3v) is 8.00. The number of hydrogen-bond donors (Lipinski definition) is 0. The van der Waals surface area contributed by atoms with E-state index in [9.17, 15) is 0 Å². The van der Waals surface area contributed by atoms with Crippen LogP contribution in [-0.4, -0.2) is 7.11 Å². The van der Waals surface area contributed by atoms with Crippen LogP contribution in [0, 0.1) is 7.14 Å². The summed E-state index contributed by atoms with van der Waals surface area (Å²) in [4.78, 5) is 0. The SMILES string of the molecule is COc1ccc2ccccc2c1-c1c([I+]c2ccccc2)ccc2ccccc12. The van der Waals surface area contributed by atoms with E-state index in [0.717, 1.165) is 5.75 Å². The molecule has 29 heavy (non-hydrogen) atoms. The molecular weight excluding hydrogens is 467 g/mol. The van der Waals surface area contributed by atoms with E-state index in [2.05, 4.69) is 103 Å². The monoisotopic (exact) mass is 487 g/mol. The Bertz CT molecular complexity index is 1310. The molecule has 140 valence electrons. The Morgan fingerprint density at radius 2 is 1.14 bits per heavy atom. The highest BCUT2D eigenvalue weighted by atomic mass is 127. The Balaban J connectivity index is 1.87. The third kappa shape index (κ3) is 3.38. The maximum Gasteiger partial charge on any atom is 0.358 e. The van der Waals surface area contributed by atoms with Gasteiger partial charge in [0.2, 0.25) is 3.57 Å². The Labute approximate surface area is 181 Å². The van der Waals surface area contributed by atoms with Crippen molar-refractivity contribution in [3.8, 4) is 16.9 Å². The minimum absolute atomic E-state index is 0.324. The zero-order valence-corrected chi connectivity index (χ0v) is 18.3. The van der Waals surface area contributed by atoms with Crippen LogP contribution in [0.2, 0.25) is 0 Å². The molecule has 0 spiro atoms. The highest BCUT2D eigenvalue weighted by Gasteiger charge is 2.26. The zero-order chi connectivity index (χ0) is 19.6. The van der Waals surface area contributed by atoms with Crippen molar-refractivity contribution < 1.29 is 25.9 Å². The number of methoxy groups -OCH3 is 1. The van der Waals surface area contributed by atoms with Gasteiger partial charge in [0, 0.05) is 11.1 Å². The van der Waals surface area contributed by atoms with Crippen molar-refractivity contribution in [3.63, 3.8) is 0 Å². The smallest absolute Gasteiger partial charge is 0.358 e. The molecule has 0 fully saturated rings. The highest BCUT2D eigenvalue weighted by molar-refractivity contribution is 6.07. The lowest BCUT2D eigenvalue weighted by molar-refractivity contribution is -0.596. The number of ether oxygens (including phenoxy) is 1. The molecule has 0 unspecified atom stereocenters. The maximum atomic E-state index is 5.87. The second-order valence-electron chi connectivity index (χ2n) is 6.90. The number of hydrogen-bond acceptors (Lipinski definition) is 1. The maximum absolute atomic E-state index is 5.87. The molecule has 0 N–H and O–H groups in total. The summed E-state index contributed by atoms with van der Waals surface area (Å²) in [7, 11) is 1.77. The molecule has 1 nitrogen and oxygen atoms in total. The van der Waals surface area contributed by atoms with E-state index in [1.165, 1.54) is 39.8 Å². The van der Waals surface area contributed by atoms with E-state index >= 15 is 0 Å². The van der Waals surface area contributed by atoms with Crippen molar-refractivity contribution in [2.24, 2.45) is 0 Å². The van der Waals surface area contributed by atoms with Gasteiger partial charge in [-0.1, -0.05) is 72.8 Å². The van der Waals surface area contributed by atoms with Crippen molar-refractivity contribution in [2.45, 2.75) is 0 Å². The summed E-state index contributed by atoms with van der Waals surface area (Å²) < 4.78 is 8.71. The van der Waals surface area contributed by atoms with Crippen molar-refractivity contribution in [3.05, 3.63) is 110 Å². The molecule has 0 saturated heterocycles. The van der Waals surface area contributed by atoms with Gasteiger partial charge < -0.3 is 4.74 Å². The van der Waals surface area contributed by atoms with E-state index < -0.39 is 0 Å². The van der Waals surface area contributed by atoms with E-state index in [4.69, 9.17) is 4.74 Å². The molecule has 0 atom stereocenters. The van der Waals surface area contributed by atoms with Gasteiger partial charge in [0.15, 0.2) is 3.57 Å². The van der Waals surface area contributed by atoms with Crippen LogP contribution in [0.5, 0.6) is 5.75 Å². The summed E-state index contributed by atoms with van der Waals surface area (Å²) in [6.45, 7) is 0. The number of benzene rings is 5. The van der Waals surface area contributed by atoms with E-state index in [1.54, 1.807) is 7.11 Å². The molecule has 0 heterocycles. The average molecular weight is 487 g/mol. The highest BCUT2D eigenvalue weighted by Crippen LogP contribution is 2.40. The Kier molecular flexibility index (Phi) is 4.94. The van der Waals surface area contributed by atoms with Gasteiger partial charge in [-0.25, -0.2) is 0 Å². The van der Waals surface area contributed by atoms with Crippen LogP contribution in [0.4, 0.5) is 0 Å². The largest absolute Gasteiger partial charge is 0.496 e. The summed E-state index contributed by atoms with van der Waals surface area (Å²) in [6, 6.07) is 36.9. The van der Waals surface area contributed by atoms with Gasteiger partial charge in [-0.2, -0.15) is 0 Å². The predicted octanol–water partition coefficient (Wildman–Crippen LogP) is 3.80. The molecule has 0 aromatic heterocycles. The van der Waals surface area contributed by atoms with Crippen LogP contribution in [0.25, 0.3) is 32.7 Å². The fourth-order valence-electron chi connectivity index (χ4n) is 3.85. The fraction of sp³-hybridized carbons (Fsp3) is 0.0370.